The average molecular weight is 334 g/mol. The Hall–Kier alpha value is -2.02. The minimum absolute atomic E-state index is 0.106. The number of H-pyrrole nitrogens is 1. The van der Waals surface area contributed by atoms with Crippen molar-refractivity contribution in [1.82, 2.24) is 14.8 Å². The normalized spacial score (nSPS) is 12.2. The third-order valence-corrected chi connectivity index (χ3v) is 4.64. The van der Waals surface area contributed by atoms with Crippen LogP contribution in [-0.4, -0.2) is 25.9 Å². The number of thioether (sulfide) groups is 1. The van der Waals surface area contributed by atoms with Gasteiger partial charge >= 0.3 is 5.69 Å². The van der Waals surface area contributed by atoms with Crippen LogP contribution in [-0.2, 0) is 11.3 Å². The first kappa shape index (κ1) is 17.3. The van der Waals surface area contributed by atoms with Gasteiger partial charge < -0.3 is 5.32 Å². The second-order valence-electron chi connectivity index (χ2n) is 5.48. The van der Waals surface area contributed by atoms with Gasteiger partial charge in [0, 0.05) is 12.2 Å². The number of nitrogens with zero attached hydrogens (tertiary/aromatic N) is 2. The Morgan fingerprint density at radius 1 is 1.39 bits per heavy atom. The summed E-state index contributed by atoms with van der Waals surface area (Å²) >= 11 is 1.28. The molecule has 1 atom stereocenters. The summed E-state index contributed by atoms with van der Waals surface area (Å²) in [4.78, 5) is 24.1. The Bertz CT molecular complexity index is 731. The molecule has 1 aromatic heterocycles. The molecule has 0 saturated heterocycles. The van der Waals surface area contributed by atoms with E-state index in [9.17, 15) is 9.59 Å². The van der Waals surface area contributed by atoms with Crippen molar-refractivity contribution in [3.05, 3.63) is 39.8 Å². The summed E-state index contributed by atoms with van der Waals surface area (Å²) in [5.41, 5.74) is 2.66. The lowest BCUT2D eigenvalue weighted by molar-refractivity contribution is -0.115. The number of hydrogen-bond acceptors (Lipinski definition) is 4. The summed E-state index contributed by atoms with van der Waals surface area (Å²) in [5, 5.41) is 9.60. The molecule has 0 spiro atoms. The largest absolute Gasteiger partial charge is 0.343 e. The predicted molar refractivity (Wildman–Crippen MR) is 93.0 cm³/mol. The molecule has 0 aliphatic heterocycles. The average Bonchev–Trinajstić information content (AvgIpc) is 2.84. The molecule has 0 fully saturated rings. The Morgan fingerprint density at radius 2 is 2.04 bits per heavy atom. The lowest BCUT2D eigenvalue weighted by Gasteiger charge is -2.15. The number of aryl methyl sites for hydroxylation is 2. The van der Waals surface area contributed by atoms with Crippen LogP contribution in [0, 0.1) is 13.8 Å². The third kappa shape index (κ3) is 4.04. The first-order valence-corrected chi connectivity index (χ1v) is 8.51. The second-order valence-corrected chi connectivity index (χ2v) is 6.79. The van der Waals surface area contributed by atoms with Crippen molar-refractivity contribution < 1.29 is 4.79 Å². The highest BCUT2D eigenvalue weighted by molar-refractivity contribution is 8.00. The molecule has 1 aromatic carbocycles. The van der Waals surface area contributed by atoms with Crippen molar-refractivity contribution in [1.29, 1.82) is 0 Å². The summed E-state index contributed by atoms with van der Waals surface area (Å²) in [6.45, 7) is 8.32. The Morgan fingerprint density at radius 3 is 2.65 bits per heavy atom. The van der Waals surface area contributed by atoms with Gasteiger partial charge in [-0.2, -0.15) is 0 Å². The van der Waals surface area contributed by atoms with Gasteiger partial charge in [-0.05, 0) is 38.3 Å². The van der Waals surface area contributed by atoms with Crippen LogP contribution in [0.25, 0.3) is 0 Å². The predicted octanol–water partition coefficient (Wildman–Crippen LogP) is 2.72. The maximum absolute atomic E-state index is 12.4. The zero-order valence-corrected chi connectivity index (χ0v) is 14.7. The van der Waals surface area contributed by atoms with E-state index in [2.05, 4.69) is 15.5 Å². The van der Waals surface area contributed by atoms with E-state index in [0.29, 0.717) is 11.7 Å². The minimum Gasteiger partial charge on any atom is -0.325 e. The molecule has 1 heterocycles. The zero-order valence-electron chi connectivity index (χ0n) is 13.8. The van der Waals surface area contributed by atoms with Gasteiger partial charge in [0.1, 0.15) is 0 Å². The highest BCUT2D eigenvalue weighted by atomic mass is 32.2. The topological polar surface area (TPSA) is 79.8 Å². The van der Waals surface area contributed by atoms with E-state index in [1.165, 1.54) is 11.8 Å². The molecule has 124 valence electrons. The molecule has 0 saturated carbocycles. The summed E-state index contributed by atoms with van der Waals surface area (Å²) in [6.07, 6.45) is 0.829. The number of carbonyl (C=O) groups is 1. The monoisotopic (exact) mass is 334 g/mol. The van der Waals surface area contributed by atoms with E-state index in [1.807, 2.05) is 45.9 Å². The number of amides is 1. The summed E-state index contributed by atoms with van der Waals surface area (Å²) < 4.78 is 1.56. The van der Waals surface area contributed by atoms with Gasteiger partial charge in [-0.1, -0.05) is 36.9 Å². The van der Waals surface area contributed by atoms with Crippen molar-refractivity contribution in [2.75, 3.05) is 5.32 Å². The van der Waals surface area contributed by atoms with Gasteiger partial charge in [0.2, 0.25) is 5.91 Å². The molecule has 0 bridgehead atoms. The number of aromatic nitrogens is 3. The molecule has 23 heavy (non-hydrogen) atoms. The highest BCUT2D eigenvalue weighted by Gasteiger charge is 2.19. The smallest absolute Gasteiger partial charge is 0.325 e. The van der Waals surface area contributed by atoms with Gasteiger partial charge in [0.05, 0.1) is 5.25 Å². The molecular formula is C16H22N4O2S. The van der Waals surface area contributed by atoms with Gasteiger partial charge in [0.15, 0.2) is 5.16 Å². The van der Waals surface area contributed by atoms with Crippen molar-refractivity contribution in [3.8, 4) is 0 Å². The molecule has 1 amide bonds. The van der Waals surface area contributed by atoms with Crippen LogP contribution in [0.15, 0.2) is 28.2 Å². The lowest BCUT2D eigenvalue weighted by atomic mass is 10.1. The van der Waals surface area contributed by atoms with Crippen molar-refractivity contribution in [3.63, 3.8) is 0 Å². The number of nitrogens with one attached hydrogen (secondary N) is 2. The fourth-order valence-electron chi connectivity index (χ4n) is 2.26. The molecular weight excluding hydrogens is 312 g/mol. The molecule has 6 nitrogen and oxygen atoms in total. The number of hydrogen-bond donors (Lipinski definition) is 2. The Balaban J connectivity index is 2.10. The van der Waals surface area contributed by atoms with Crippen molar-refractivity contribution >= 4 is 23.4 Å². The van der Waals surface area contributed by atoms with E-state index in [-0.39, 0.29) is 16.8 Å². The van der Waals surface area contributed by atoms with Crippen LogP contribution < -0.4 is 11.0 Å². The fraction of sp³-hybridized carbons (Fsp3) is 0.438. The molecule has 2 N–H and O–H groups in total. The SMILES string of the molecule is CCCn1c(S[C@@H](C)C(=O)Nc2c(C)cccc2C)n[nH]c1=O. The lowest BCUT2D eigenvalue weighted by Crippen LogP contribution is -2.24. The summed E-state index contributed by atoms with van der Waals surface area (Å²) in [5.74, 6) is -0.106. The molecule has 0 radical (unpaired) electrons. The second kappa shape index (κ2) is 7.50. The molecule has 7 heteroatoms. The highest BCUT2D eigenvalue weighted by Crippen LogP contribution is 2.24. The van der Waals surface area contributed by atoms with Crippen LogP contribution in [0.3, 0.4) is 0 Å². The quantitative estimate of drug-likeness (QED) is 0.796. The van der Waals surface area contributed by atoms with Crippen molar-refractivity contribution in [2.45, 2.75) is 51.1 Å². The standard InChI is InChI=1S/C16H22N4O2S/c1-5-9-20-15(22)18-19-16(20)23-12(4)14(21)17-13-10(2)7-6-8-11(13)3/h6-8,12H,5,9H2,1-4H3,(H,17,21)(H,18,22)/t12-/m0/s1. The number of aromatic amines is 1. The summed E-state index contributed by atoms with van der Waals surface area (Å²) in [6, 6.07) is 5.89. The van der Waals surface area contributed by atoms with E-state index in [1.54, 1.807) is 4.57 Å². The molecule has 0 aliphatic rings. The zero-order chi connectivity index (χ0) is 17.0. The first-order chi connectivity index (χ1) is 10.9. The van der Waals surface area contributed by atoms with E-state index in [4.69, 9.17) is 0 Å². The molecule has 0 unspecified atom stereocenters. The number of anilines is 1. The van der Waals surface area contributed by atoms with Gasteiger partial charge in [-0.25, -0.2) is 9.89 Å². The molecule has 0 aliphatic carbocycles. The van der Waals surface area contributed by atoms with Gasteiger partial charge in [0.25, 0.3) is 0 Å². The van der Waals surface area contributed by atoms with Gasteiger partial charge in [-0.15, -0.1) is 5.10 Å². The van der Waals surface area contributed by atoms with Crippen LogP contribution in [0.5, 0.6) is 0 Å². The molecule has 2 rings (SSSR count). The van der Waals surface area contributed by atoms with Crippen LogP contribution >= 0.6 is 11.8 Å². The number of carbonyl (C=O) groups excluding carboxylic acids is 1. The maximum Gasteiger partial charge on any atom is 0.343 e. The van der Waals surface area contributed by atoms with Crippen molar-refractivity contribution in [2.24, 2.45) is 0 Å². The van der Waals surface area contributed by atoms with Crippen LogP contribution in [0.1, 0.15) is 31.4 Å². The minimum atomic E-state index is -0.361. The summed E-state index contributed by atoms with van der Waals surface area (Å²) in [7, 11) is 0. The number of benzene rings is 1. The Labute approximate surface area is 139 Å². The number of para-hydroxylation sites is 1. The van der Waals surface area contributed by atoms with Gasteiger partial charge in [-0.3, -0.25) is 9.36 Å². The Kier molecular flexibility index (Phi) is 5.65. The fourth-order valence-corrected chi connectivity index (χ4v) is 3.14. The first-order valence-electron chi connectivity index (χ1n) is 7.63. The van der Waals surface area contributed by atoms with E-state index >= 15 is 0 Å². The van der Waals surface area contributed by atoms with Crippen LogP contribution in [0.4, 0.5) is 5.69 Å². The van der Waals surface area contributed by atoms with E-state index in [0.717, 1.165) is 23.2 Å². The molecule has 2 aromatic rings. The van der Waals surface area contributed by atoms with Crippen LogP contribution in [0.2, 0.25) is 0 Å². The van der Waals surface area contributed by atoms with E-state index < -0.39 is 0 Å². The number of rotatable bonds is 6. The maximum atomic E-state index is 12.4. The third-order valence-electron chi connectivity index (χ3n) is 3.55.